The fraction of sp³-hybridized carbons (Fsp3) is 1.00. The molecule has 2 atom stereocenters. The fourth-order valence-corrected chi connectivity index (χ4v) is 0. The van der Waals surface area contributed by atoms with Gasteiger partial charge in [-0.25, -0.2) is 0 Å². The maximum atomic E-state index is 2.72. The van der Waals surface area contributed by atoms with Crippen molar-refractivity contribution >= 4 is 27.2 Å². The molecule has 0 radical (unpaired) electrons. The molecule has 0 aliphatic rings. The van der Waals surface area contributed by atoms with E-state index in [2.05, 4.69) is 30.0 Å². The van der Waals surface area contributed by atoms with Gasteiger partial charge in [-0.15, -0.1) is 9.24 Å². The molecule has 0 amide bonds. The van der Waals surface area contributed by atoms with Gasteiger partial charge in [-0.1, -0.05) is 20.8 Å². The Morgan fingerprint density at radius 1 is 1.17 bits per heavy atom. The molecule has 0 saturated heterocycles. The normalized spacial score (nSPS) is 10.0. The second-order valence-electron chi connectivity index (χ2n) is 2.37. The molecule has 0 saturated carbocycles. The summed E-state index contributed by atoms with van der Waals surface area (Å²) in [6.07, 6.45) is 0. The molecule has 0 N–H and O–H groups in total. The first kappa shape index (κ1) is 10.1. The molecule has 0 spiro atoms. The molecule has 2 unspecified atom stereocenters. The van der Waals surface area contributed by atoms with E-state index in [9.17, 15) is 0 Å². The van der Waals surface area contributed by atoms with Crippen molar-refractivity contribution in [3.8, 4) is 0 Å². The van der Waals surface area contributed by atoms with Gasteiger partial charge in [0.25, 0.3) is 0 Å². The molecule has 0 aromatic heterocycles. The van der Waals surface area contributed by atoms with Crippen molar-refractivity contribution in [3.63, 3.8) is 0 Å². The zero-order valence-electron chi connectivity index (χ0n) is 4.78. The van der Waals surface area contributed by atoms with Crippen LogP contribution in [0, 0.1) is 0 Å². The van der Waals surface area contributed by atoms with Gasteiger partial charge in [0, 0.05) is 0 Å². The van der Waals surface area contributed by atoms with E-state index in [0.717, 1.165) is 0 Å². The quantitative estimate of drug-likeness (QED) is 0.364. The van der Waals surface area contributed by atoms with Crippen molar-refractivity contribution in [2.45, 2.75) is 25.9 Å². The van der Waals surface area contributed by atoms with E-state index in [0.29, 0.717) is 5.16 Å². The minimum absolute atomic E-state index is 0. The molecule has 0 nitrogen and oxygen atoms in total. The molecule has 0 bridgehead atoms. The third kappa shape index (κ3) is 81.2. The van der Waals surface area contributed by atoms with Gasteiger partial charge in [0.1, 0.15) is 0 Å². The van der Waals surface area contributed by atoms with Crippen LogP contribution in [0.5, 0.6) is 0 Å². The van der Waals surface area contributed by atoms with E-state index in [1.807, 2.05) is 0 Å². The molecular weight excluding hydrogens is 154 g/mol. The fourth-order valence-electron chi connectivity index (χ4n) is 0. The van der Waals surface area contributed by atoms with Gasteiger partial charge in [-0.3, -0.25) is 0 Å². The van der Waals surface area contributed by atoms with Gasteiger partial charge >= 0.3 is 18.0 Å². The first-order valence-electron chi connectivity index (χ1n) is 1.79. The number of rotatable bonds is 0. The van der Waals surface area contributed by atoms with Crippen molar-refractivity contribution in [1.29, 1.82) is 0 Å². The second-order valence-corrected chi connectivity index (χ2v) is 4.10. The summed E-state index contributed by atoms with van der Waals surface area (Å²) in [7, 11) is 2.72. The van der Waals surface area contributed by atoms with Crippen molar-refractivity contribution in [3.05, 3.63) is 0 Å². The molecule has 2 heteroatoms. The van der Waals surface area contributed by atoms with E-state index in [4.69, 9.17) is 0 Å². The summed E-state index contributed by atoms with van der Waals surface area (Å²) >= 11 is 0. The molecule has 0 aliphatic heterocycles. The third-order valence-electron chi connectivity index (χ3n) is 0. The Balaban J connectivity index is 0. The molecule has 0 aromatic rings. The van der Waals surface area contributed by atoms with Gasteiger partial charge in [-0.05, 0) is 5.16 Å². The molecule has 0 aliphatic carbocycles. The molecule has 0 aromatic carbocycles. The van der Waals surface area contributed by atoms with Crippen LogP contribution >= 0.6 is 9.24 Å². The molecule has 0 heterocycles. The number of hydrogen-bond donors (Lipinski definition) is 0. The van der Waals surface area contributed by atoms with Crippen molar-refractivity contribution in [2.75, 3.05) is 0 Å². The van der Waals surface area contributed by atoms with Crippen LogP contribution in [0.15, 0.2) is 0 Å². The zero-order valence-corrected chi connectivity index (χ0v) is 8.91. The van der Waals surface area contributed by atoms with Crippen LogP contribution in [-0.2, 0) is 0 Å². The van der Waals surface area contributed by atoms with E-state index < -0.39 is 0 Å². The average molecular weight is 168 g/mol. The van der Waals surface area contributed by atoms with Crippen LogP contribution < -0.4 is 0 Å². The Morgan fingerprint density at radius 3 is 1.17 bits per heavy atom. The van der Waals surface area contributed by atoms with Crippen molar-refractivity contribution in [1.82, 2.24) is 0 Å². The van der Waals surface area contributed by atoms with Crippen LogP contribution in [0.25, 0.3) is 0 Å². The molecular formula is C4H14AsP. The van der Waals surface area contributed by atoms with Crippen molar-refractivity contribution in [2.24, 2.45) is 0 Å². The van der Waals surface area contributed by atoms with Crippen LogP contribution in [0.2, 0.25) is 0 Å². The van der Waals surface area contributed by atoms with Gasteiger partial charge < -0.3 is 0 Å². The van der Waals surface area contributed by atoms with Crippen molar-refractivity contribution < 1.29 is 0 Å². The van der Waals surface area contributed by atoms with Gasteiger partial charge in [0.15, 0.2) is 0 Å². The van der Waals surface area contributed by atoms with E-state index in [1.165, 1.54) is 0 Å². The van der Waals surface area contributed by atoms with Gasteiger partial charge in [-0.2, -0.15) is 0 Å². The van der Waals surface area contributed by atoms with E-state index in [1.54, 1.807) is 0 Å². The summed E-state index contributed by atoms with van der Waals surface area (Å²) in [4.78, 5) is 0. The Kier molecular flexibility index (Phi) is 5.12. The zero-order chi connectivity index (χ0) is 4.50. The van der Waals surface area contributed by atoms with E-state index in [-0.39, 0.29) is 18.0 Å². The average Bonchev–Trinajstić information content (AvgIpc) is 0.722. The molecule has 40 valence electrons. The van der Waals surface area contributed by atoms with Crippen LogP contribution in [0.3, 0.4) is 0 Å². The van der Waals surface area contributed by atoms with Gasteiger partial charge in [0.2, 0.25) is 0 Å². The third-order valence-corrected chi connectivity index (χ3v) is 0. The summed E-state index contributed by atoms with van der Waals surface area (Å²) in [5.74, 6) is 0. The first-order chi connectivity index (χ1) is 2.00. The summed E-state index contributed by atoms with van der Waals surface area (Å²) < 4.78 is 0. The van der Waals surface area contributed by atoms with Gasteiger partial charge in [0.05, 0.1) is 0 Å². The standard InChI is InChI=1S/C4H11P.AsH3/c1-4(2,3)5;/h5H2,1-3H3;1H3. The predicted molar refractivity (Wildman–Crippen MR) is 39.4 cm³/mol. The first-order valence-corrected chi connectivity index (χ1v) is 2.37. The van der Waals surface area contributed by atoms with E-state index >= 15 is 0 Å². The summed E-state index contributed by atoms with van der Waals surface area (Å²) in [6.45, 7) is 6.45. The summed E-state index contributed by atoms with van der Waals surface area (Å²) in [6, 6.07) is 0. The second kappa shape index (κ2) is 3.05. The SMILES string of the molecule is CC(C)(C)P.[AsH3]. The summed E-state index contributed by atoms with van der Waals surface area (Å²) in [5, 5.41) is 0.417. The minimum atomic E-state index is 0. The monoisotopic (exact) mass is 168 g/mol. The predicted octanol–water partition coefficient (Wildman–Crippen LogP) is 0.476. The van der Waals surface area contributed by atoms with Crippen LogP contribution in [-0.4, -0.2) is 23.1 Å². The Morgan fingerprint density at radius 2 is 1.17 bits per heavy atom. The Hall–Kier alpha value is 0.988. The van der Waals surface area contributed by atoms with Crippen LogP contribution in [0.1, 0.15) is 20.8 Å². The molecule has 0 fully saturated rings. The van der Waals surface area contributed by atoms with Crippen LogP contribution in [0.4, 0.5) is 0 Å². The topological polar surface area (TPSA) is 0 Å². The molecule has 0 rings (SSSR count). The molecule has 6 heavy (non-hydrogen) atoms. The Bertz CT molecular complexity index is 23.0. The summed E-state index contributed by atoms with van der Waals surface area (Å²) in [5.41, 5.74) is 0. The Labute approximate surface area is 53.6 Å². The maximum absolute atomic E-state index is 2.72. The number of hydrogen-bond acceptors (Lipinski definition) is 0.